The van der Waals surface area contributed by atoms with Gasteiger partial charge < -0.3 is 20.9 Å². The zero-order valence-electron chi connectivity index (χ0n) is 12.3. The molecule has 0 bridgehead atoms. The standard InChI is InChI=1S/C15H16ClN3O4/c1-8(20)13(15(17)22)19-12(21)7-23-11-5-4-10(16)9-3-2-6-18-14(9)11/h2-6,8,13,20H,7H2,1H3,(H2,17,22)(H,19,21). The van der Waals surface area contributed by atoms with Crippen LogP contribution in [0.15, 0.2) is 30.5 Å². The number of nitrogens with two attached hydrogens (primary N) is 1. The number of primary amides is 1. The van der Waals surface area contributed by atoms with Gasteiger partial charge in [-0.2, -0.15) is 0 Å². The van der Waals surface area contributed by atoms with E-state index in [2.05, 4.69) is 10.3 Å². The van der Waals surface area contributed by atoms with Gasteiger partial charge in [0.2, 0.25) is 5.91 Å². The number of fused-ring (bicyclic) bond motifs is 1. The Kier molecular flexibility index (Phi) is 5.36. The molecule has 2 atom stereocenters. The van der Waals surface area contributed by atoms with Gasteiger partial charge >= 0.3 is 0 Å². The second-order valence-electron chi connectivity index (χ2n) is 4.92. The zero-order chi connectivity index (χ0) is 17.0. The predicted molar refractivity (Wildman–Crippen MR) is 85.1 cm³/mol. The third-order valence-electron chi connectivity index (χ3n) is 3.14. The molecule has 0 aliphatic carbocycles. The highest BCUT2D eigenvalue weighted by Crippen LogP contribution is 2.29. The molecule has 0 saturated carbocycles. The van der Waals surface area contributed by atoms with Gasteiger partial charge in [0.15, 0.2) is 6.61 Å². The number of carbonyl (C=O) groups excluding carboxylic acids is 2. The van der Waals surface area contributed by atoms with Gasteiger partial charge in [-0.25, -0.2) is 0 Å². The Hall–Kier alpha value is -2.38. The summed E-state index contributed by atoms with van der Waals surface area (Å²) in [5.74, 6) is -1.03. The number of carbonyl (C=O) groups is 2. The van der Waals surface area contributed by atoms with Gasteiger partial charge in [-0.05, 0) is 31.2 Å². The Balaban J connectivity index is 2.08. The Bertz CT molecular complexity index is 736. The van der Waals surface area contributed by atoms with Crippen LogP contribution in [-0.4, -0.2) is 40.7 Å². The molecule has 0 spiro atoms. The molecule has 0 saturated heterocycles. The number of rotatable bonds is 6. The number of aromatic nitrogens is 1. The molecule has 4 N–H and O–H groups in total. The molecule has 2 unspecified atom stereocenters. The van der Waals surface area contributed by atoms with Crippen LogP contribution in [0.5, 0.6) is 5.75 Å². The second kappa shape index (κ2) is 7.26. The summed E-state index contributed by atoms with van der Waals surface area (Å²) in [6, 6.07) is 5.59. The van der Waals surface area contributed by atoms with E-state index in [1.807, 2.05) is 0 Å². The van der Waals surface area contributed by atoms with E-state index in [0.717, 1.165) is 0 Å². The van der Waals surface area contributed by atoms with Crippen LogP contribution in [0.25, 0.3) is 10.9 Å². The quantitative estimate of drug-likeness (QED) is 0.714. The van der Waals surface area contributed by atoms with Crippen molar-refractivity contribution >= 4 is 34.3 Å². The molecule has 2 aromatic rings. The molecular weight excluding hydrogens is 322 g/mol. The predicted octanol–water partition coefficient (Wildman–Crippen LogP) is 0.618. The summed E-state index contributed by atoms with van der Waals surface area (Å²) in [5, 5.41) is 12.9. The second-order valence-corrected chi connectivity index (χ2v) is 5.33. The average Bonchev–Trinajstić information content (AvgIpc) is 2.51. The summed E-state index contributed by atoms with van der Waals surface area (Å²) in [4.78, 5) is 27.2. The van der Waals surface area contributed by atoms with Gasteiger partial charge in [0.1, 0.15) is 17.3 Å². The highest BCUT2D eigenvalue weighted by molar-refractivity contribution is 6.35. The van der Waals surface area contributed by atoms with Crippen LogP contribution in [0.1, 0.15) is 6.92 Å². The third-order valence-corrected chi connectivity index (χ3v) is 3.47. The number of hydrogen-bond acceptors (Lipinski definition) is 5. The van der Waals surface area contributed by atoms with Crippen molar-refractivity contribution in [1.82, 2.24) is 10.3 Å². The third kappa shape index (κ3) is 4.08. The lowest BCUT2D eigenvalue weighted by molar-refractivity contribution is -0.130. The lowest BCUT2D eigenvalue weighted by Crippen LogP contribution is -2.51. The summed E-state index contributed by atoms with van der Waals surface area (Å²) in [5.41, 5.74) is 5.63. The van der Waals surface area contributed by atoms with Gasteiger partial charge in [0.25, 0.3) is 5.91 Å². The number of aliphatic hydroxyl groups is 1. The van der Waals surface area contributed by atoms with Gasteiger partial charge in [-0.1, -0.05) is 11.6 Å². The lowest BCUT2D eigenvalue weighted by atomic mass is 10.2. The molecule has 0 aliphatic heterocycles. The van der Waals surface area contributed by atoms with Crippen LogP contribution in [0.4, 0.5) is 0 Å². The van der Waals surface area contributed by atoms with E-state index in [9.17, 15) is 14.7 Å². The molecule has 23 heavy (non-hydrogen) atoms. The molecule has 1 aromatic heterocycles. The molecule has 0 radical (unpaired) electrons. The van der Waals surface area contributed by atoms with Crippen molar-refractivity contribution < 1.29 is 19.4 Å². The summed E-state index contributed by atoms with van der Waals surface area (Å²) in [6.45, 7) is 0.997. The molecular formula is C15H16ClN3O4. The van der Waals surface area contributed by atoms with Crippen molar-refractivity contribution in [2.45, 2.75) is 19.1 Å². The molecule has 0 aliphatic rings. The minimum absolute atomic E-state index is 0.357. The largest absolute Gasteiger partial charge is 0.481 e. The molecule has 1 aromatic carbocycles. The van der Waals surface area contributed by atoms with Crippen molar-refractivity contribution in [3.63, 3.8) is 0 Å². The number of ether oxygens (including phenoxy) is 1. The van der Waals surface area contributed by atoms with Crippen molar-refractivity contribution in [2.24, 2.45) is 5.73 Å². The molecule has 2 rings (SSSR count). The van der Waals surface area contributed by atoms with Crippen LogP contribution in [0, 0.1) is 0 Å². The minimum Gasteiger partial charge on any atom is -0.481 e. The Morgan fingerprint density at radius 2 is 2.17 bits per heavy atom. The van der Waals surface area contributed by atoms with Crippen LogP contribution in [-0.2, 0) is 9.59 Å². The first-order valence-electron chi connectivity index (χ1n) is 6.83. The highest BCUT2D eigenvalue weighted by atomic mass is 35.5. The van der Waals surface area contributed by atoms with E-state index in [1.165, 1.54) is 6.92 Å². The van der Waals surface area contributed by atoms with E-state index < -0.39 is 24.0 Å². The number of nitrogens with one attached hydrogen (secondary N) is 1. The van der Waals surface area contributed by atoms with Crippen LogP contribution >= 0.6 is 11.6 Å². The van der Waals surface area contributed by atoms with E-state index >= 15 is 0 Å². The molecule has 2 amide bonds. The number of nitrogens with zero attached hydrogens (tertiary/aromatic N) is 1. The smallest absolute Gasteiger partial charge is 0.258 e. The first-order valence-corrected chi connectivity index (χ1v) is 7.20. The maximum Gasteiger partial charge on any atom is 0.258 e. The number of hydrogen-bond donors (Lipinski definition) is 3. The monoisotopic (exact) mass is 337 g/mol. The zero-order valence-corrected chi connectivity index (χ0v) is 13.1. The fourth-order valence-corrected chi connectivity index (χ4v) is 2.23. The van der Waals surface area contributed by atoms with Crippen molar-refractivity contribution in [3.05, 3.63) is 35.5 Å². The van der Waals surface area contributed by atoms with Gasteiger partial charge in [-0.15, -0.1) is 0 Å². The van der Waals surface area contributed by atoms with E-state index in [-0.39, 0.29) is 6.61 Å². The maximum atomic E-state index is 11.8. The fraction of sp³-hybridized carbons (Fsp3) is 0.267. The molecule has 8 heteroatoms. The average molecular weight is 338 g/mol. The fourth-order valence-electron chi connectivity index (χ4n) is 2.02. The number of pyridine rings is 1. The van der Waals surface area contributed by atoms with Gasteiger partial charge in [0, 0.05) is 11.6 Å². The maximum absolute atomic E-state index is 11.8. The number of aliphatic hydroxyl groups excluding tert-OH is 1. The molecule has 7 nitrogen and oxygen atoms in total. The minimum atomic E-state index is -1.17. The van der Waals surface area contributed by atoms with Crippen molar-refractivity contribution in [1.29, 1.82) is 0 Å². The number of halogens is 1. The normalized spacial score (nSPS) is 13.3. The van der Waals surface area contributed by atoms with E-state index in [1.54, 1.807) is 30.5 Å². The summed E-state index contributed by atoms with van der Waals surface area (Å²) >= 11 is 6.08. The van der Waals surface area contributed by atoms with Gasteiger partial charge in [-0.3, -0.25) is 14.6 Å². The molecule has 122 valence electrons. The molecule has 0 fully saturated rings. The first-order chi connectivity index (χ1) is 10.9. The number of amides is 2. The Labute approximate surface area is 137 Å². The Morgan fingerprint density at radius 3 is 2.83 bits per heavy atom. The number of benzene rings is 1. The van der Waals surface area contributed by atoms with Crippen molar-refractivity contribution in [3.8, 4) is 5.75 Å². The van der Waals surface area contributed by atoms with Gasteiger partial charge in [0.05, 0.1) is 11.1 Å². The van der Waals surface area contributed by atoms with E-state index in [4.69, 9.17) is 22.1 Å². The topological polar surface area (TPSA) is 115 Å². The summed E-state index contributed by atoms with van der Waals surface area (Å²) in [7, 11) is 0. The first kappa shape index (κ1) is 17.0. The summed E-state index contributed by atoms with van der Waals surface area (Å²) in [6.07, 6.45) is 0.483. The molecule has 1 heterocycles. The van der Waals surface area contributed by atoms with Crippen molar-refractivity contribution in [2.75, 3.05) is 6.61 Å². The summed E-state index contributed by atoms with van der Waals surface area (Å²) < 4.78 is 5.43. The van der Waals surface area contributed by atoms with Crippen LogP contribution < -0.4 is 15.8 Å². The van der Waals surface area contributed by atoms with Crippen LogP contribution in [0.3, 0.4) is 0 Å². The van der Waals surface area contributed by atoms with Crippen LogP contribution in [0.2, 0.25) is 5.02 Å². The lowest BCUT2D eigenvalue weighted by Gasteiger charge is -2.18. The SMILES string of the molecule is CC(O)C(NC(=O)COc1ccc(Cl)c2cccnc12)C(N)=O. The Morgan fingerprint density at radius 1 is 1.43 bits per heavy atom. The van der Waals surface area contributed by atoms with E-state index in [0.29, 0.717) is 21.7 Å². The highest BCUT2D eigenvalue weighted by Gasteiger charge is 2.23.